The maximum Gasteiger partial charge on any atom is 0.228 e. The van der Waals surface area contributed by atoms with Crippen molar-refractivity contribution in [2.45, 2.75) is 38.6 Å². The molecule has 1 saturated heterocycles. The highest BCUT2D eigenvalue weighted by Gasteiger charge is 2.32. The molecule has 33 heavy (non-hydrogen) atoms. The molecule has 4 aromatic rings. The van der Waals surface area contributed by atoms with Crippen LogP contribution < -0.4 is 10.2 Å². The molecule has 5 heterocycles. The van der Waals surface area contributed by atoms with E-state index in [4.69, 9.17) is 14.5 Å². The van der Waals surface area contributed by atoms with Crippen molar-refractivity contribution in [1.29, 1.82) is 0 Å². The van der Waals surface area contributed by atoms with Gasteiger partial charge >= 0.3 is 0 Å². The first-order chi connectivity index (χ1) is 16.2. The molecule has 0 amide bonds. The Balaban J connectivity index is 1.44. The van der Waals surface area contributed by atoms with Gasteiger partial charge in [-0.1, -0.05) is 11.2 Å². The summed E-state index contributed by atoms with van der Waals surface area (Å²) in [5, 5.41) is 24.0. The second kappa shape index (κ2) is 9.37. The SMILES string of the molecule is Cc1cc(Nc2cc(CCCO)nc(N3CCC[C@H]3c3cc(-c4ccccn4)no3)n2)n[nH]1. The van der Waals surface area contributed by atoms with Gasteiger partial charge in [0.25, 0.3) is 0 Å². The molecule has 10 heteroatoms. The van der Waals surface area contributed by atoms with Crippen LogP contribution in [0.3, 0.4) is 0 Å². The topological polar surface area (TPSA) is 129 Å². The number of nitrogens with one attached hydrogen (secondary N) is 2. The molecule has 10 nitrogen and oxygen atoms in total. The number of aliphatic hydroxyl groups excluding tert-OH is 1. The fourth-order valence-electron chi connectivity index (χ4n) is 4.06. The molecule has 0 unspecified atom stereocenters. The van der Waals surface area contributed by atoms with E-state index in [0.717, 1.165) is 42.2 Å². The van der Waals surface area contributed by atoms with Crippen molar-refractivity contribution in [3.63, 3.8) is 0 Å². The number of anilines is 3. The summed E-state index contributed by atoms with van der Waals surface area (Å²) in [6.45, 7) is 2.87. The van der Waals surface area contributed by atoms with Gasteiger partial charge in [-0.05, 0) is 44.7 Å². The van der Waals surface area contributed by atoms with Gasteiger partial charge in [-0.15, -0.1) is 0 Å². The molecule has 1 aliphatic rings. The number of aromatic nitrogens is 6. The Morgan fingerprint density at radius 2 is 2.12 bits per heavy atom. The molecular formula is C23H26N8O2. The Kier molecular flexibility index (Phi) is 5.99. The minimum Gasteiger partial charge on any atom is -0.396 e. The molecule has 0 aliphatic carbocycles. The average molecular weight is 447 g/mol. The highest BCUT2D eigenvalue weighted by molar-refractivity contribution is 5.56. The predicted octanol–water partition coefficient (Wildman–Crippen LogP) is 3.57. The maximum atomic E-state index is 9.29. The van der Waals surface area contributed by atoms with Gasteiger partial charge in [0, 0.05) is 48.9 Å². The van der Waals surface area contributed by atoms with E-state index in [1.807, 2.05) is 43.3 Å². The van der Waals surface area contributed by atoms with Crippen molar-refractivity contribution in [2.75, 3.05) is 23.4 Å². The van der Waals surface area contributed by atoms with Crippen molar-refractivity contribution >= 4 is 17.6 Å². The van der Waals surface area contributed by atoms with Crippen LogP contribution in [0.1, 0.15) is 42.5 Å². The zero-order valence-corrected chi connectivity index (χ0v) is 18.4. The molecule has 0 spiro atoms. The third kappa shape index (κ3) is 4.70. The van der Waals surface area contributed by atoms with Crippen LogP contribution in [-0.2, 0) is 6.42 Å². The molecule has 0 radical (unpaired) electrons. The van der Waals surface area contributed by atoms with Crippen molar-refractivity contribution in [3.8, 4) is 11.4 Å². The monoisotopic (exact) mass is 446 g/mol. The number of hydrogen-bond acceptors (Lipinski definition) is 9. The van der Waals surface area contributed by atoms with Crippen LogP contribution >= 0.6 is 0 Å². The predicted molar refractivity (Wildman–Crippen MR) is 123 cm³/mol. The first-order valence-corrected chi connectivity index (χ1v) is 11.1. The fourth-order valence-corrected chi connectivity index (χ4v) is 4.06. The van der Waals surface area contributed by atoms with Crippen molar-refractivity contribution in [2.24, 2.45) is 0 Å². The minimum atomic E-state index is -0.0106. The van der Waals surface area contributed by atoms with E-state index < -0.39 is 0 Å². The molecule has 0 aromatic carbocycles. The third-order valence-electron chi connectivity index (χ3n) is 5.61. The number of pyridine rings is 1. The van der Waals surface area contributed by atoms with Gasteiger partial charge in [0.2, 0.25) is 5.95 Å². The standard InChI is InChI=1S/C23H26N8O2/c1-15-12-22(29-28-15)26-21-13-16(6-5-11-32)25-23(27-21)31-10-4-8-19(31)20-14-18(30-33-20)17-7-2-3-9-24-17/h2-3,7,9,12-14,19,32H,4-6,8,10-11H2,1H3,(H2,25,26,27,28,29)/t19-/m0/s1. The van der Waals surface area contributed by atoms with E-state index in [0.29, 0.717) is 36.1 Å². The van der Waals surface area contributed by atoms with Crippen LogP contribution in [0.15, 0.2) is 47.1 Å². The van der Waals surface area contributed by atoms with E-state index in [9.17, 15) is 5.11 Å². The summed E-state index contributed by atoms with van der Waals surface area (Å²) in [6, 6.07) is 11.5. The highest BCUT2D eigenvalue weighted by atomic mass is 16.5. The second-order valence-electron chi connectivity index (χ2n) is 8.11. The van der Waals surface area contributed by atoms with Gasteiger partial charge in [-0.25, -0.2) is 4.98 Å². The van der Waals surface area contributed by atoms with Crippen molar-refractivity contribution < 1.29 is 9.63 Å². The first-order valence-electron chi connectivity index (χ1n) is 11.1. The summed E-state index contributed by atoms with van der Waals surface area (Å²) in [7, 11) is 0. The Labute approximate surface area is 191 Å². The lowest BCUT2D eigenvalue weighted by Crippen LogP contribution is -2.25. The molecule has 5 rings (SSSR count). The first kappa shape index (κ1) is 21.1. The molecule has 4 aromatic heterocycles. The van der Waals surface area contributed by atoms with Crippen LogP contribution in [0.25, 0.3) is 11.4 Å². The van der Waals surface area contributed by atoms with Crippen LogP contribution in [-0.4, -0.2) is 48.6 Å². The highest BCUT2D eigenvalue weighted by Crippen LogP contribution is 2.36. The quantitative estimate of drug-likeness (QED) is 0.372. The van der Waals surface area contributed by atoms with Gasteiger partial charge in [0.1, 0.15) is 11.5 Å². The minimum absolute atomic E-state index is 0.0106. The normalized spacial score (nSPS) is 15.8. The summed E-state index contributed by atoms with van der Waals surface area (Å²) < 4.78 is 5.73. The number of H-pyrrole nitrogens is 1. The average Bonchev–Trinajstić information content (AvgIpc) is 3.59. The van der Waals surface area contributed by atoms with Gasteiger partial charge in [0.15, 0.2) is 11.6 Å². The van der Waals surface area contributed by atoms with Crippen LogP contribution in [0.5, 0.6) is 0 Å². The van der Waals surface area contributed by atoms with Crippen molar-refractivity contribution in [3.05, 3.63) is 59.7 Å². The lowest BCUT2D eigenvalue weighted by atomic mass is 10.1. The van der Waals surface area contributed by atoms with Gasteiger partial charge < -0.3 is 19.8 Å². The van der Waals surface area contributed by atoms with E-state index in [-0.39, 0.29) is 12.6 Å². The molecule has 170 valence electrons. The number of aromatic amines is 1. The third-order valence-corrected chi connectivity index (χ3v) is 5.61. The largest absolute Gasteiger partial charge is 0.396 e. The number of aliphatic hydroxyl groups is 1. The molecule has 1 aliphatic heterocycles. The summed E-state index contributed by atoms with van der Waals surface area (Å²) in [5.41, 5.74) is 3.31. The number of rotatable bonds is 8. The van der Waals surface area contributed by atoms with Crippen LogP contribution in [0.4, 0.5) is 17.6 Å². The van der Waals surface area contributed by atoms with Crippen LogP contribution in [0, 0.1) is 6.92 Å². The zero-order valence-electron chi connectivity index (χ0n) is 18.4. The second-order valence-corrected chi connectivity index (χ2v) is 8.11. The molecule has 0 saturated carbocycles. The van der Waals surface area contributed by atoms with E-state index in [2.05, 4.69) is 30.6 Å². The maximum absolute atomic E-state index is 9.29. The Morgan fingerprint density at radius 1 is 1.18 bits per heavy atom. The van der Waals surface area contributed by atoms with E-state index >= 15 is 0 Å². The van der Waals surface area contributed by atoms with Gasteiger partial charge in [-0.2, -0.15) is 10.1 Å². The molecule has 1 atom stereocenters. The van der Waals surface area contributed by atoms with Crippen LogP contribution in [0.2, 0.25) is 0 Å². The Hall–Kier alpha value is -3.79. The smallest absolute Gasteiger partial charge is 0.228 e. The van der Waals surface area contributed by atoms with E-state index in [1.165, 1.54) is 0 Å². The van der Waals surface area contributed by atoms with E-state index in [1.54, 1.807) is 6.20 Å². The number of nitrogens with zero attached hydrogens (tertiary/aromatic N) is 6. The molecular weight excluding hydrogens is 420 g/mol. The molecule has 3 N–H and O–H groups in total. The summed E-state index contributed by atoms with van der Waals surface area (Å²) in [5.74, 6) is 2.75. The lowest BCUT2D eigenvalue weighted by Gasteiger charge is -2.23. The summed E-state index contributed by atoms with van der Waals surface area (Å²) in [6.07, 6.45) is 4.95. The summed E-state index contributed by atoms with van der Waals surface area (Å²) >= 11 is 0. The summed E-state index contributed by atoms with van der Waals surface area (Å²) in [4.78, 5) is 16.1. The lowest BCUT2D eigenvalue weighted by molar-refractivity contribution is 0.288. The molecule has 1 fully saturated rings. The molecule has 0 bridgehead atoms. The van der Waals surface area contributed by atoms with Crippen molar-refractivity contribution in [1.82, 2.24) is 30.3 Å². The van der Waals surface area contributed by atoms with Gasteiger partial charge in [-0.3, -0.25) is 10.1 Å². The fraction of sp³-hybridized carbons (Fsp3) is 0.348. The number of hydrogen-bond donors (Lipinski definition) is 3. The Morgan fingerprint density at radius 3 is 2.91 bits per heavy atom. The Bertz CT molecular complexity index is 1210. The van der Waals surface area contributed by atoms with Gasteiger partial charge in [0.05, 0.1) is 11.7 Å². The zero-order chi connectivity index (χ0) is 22.6. The number of aryl methyl sites for hydroxylation is 2.